The highest BCUT2D eigenvalue weighted by molar-refractivity contribution is 14.1. The Labute approximate surface area is 333 Å². The molecule has 0 radical (unpaired) electrons. The molecular formula is C44H24I4. The van der Waals surface area contributed by atoms with Gasteiger partial charge in [0.2, 0.25) is 0 Å². The van der Waals surface area contributed by atoms with Crippen LogP contribution in [-0.4, -0.2) is 0 Å². The van der Waals surface area contributed by atoms with Gasteiger partial charge in [-0.1, -0.05) is 121 Å². The van der Waals surface area contributed by atoms with Gasteiger partial charge in [-0.3, -0.25) is 0 Å². The van der Waals surface area contributed by atoms with Gasteiger partial charge in [0.15, 0.2) is 0 Å². The zero-order chi connectivity index (χ0) is 32.5. The van der Waals surface area contributed by atoms with E-state index in [-0.39, 0.29) is 0 Å². The second kappa shape index (κ2) is 12.5. The Hall–Kier alpha value is -2.80. The molecule has 0 nitrogen and oxygen atoms in total. The number of hydrogen-bond acceptors (Lipinski definition) is 0. The van der Waals surface area contributed by atoms with Crippen LogP contribution < -0.4 is 0 Å². The van der Waals surface area contributed by atoms with Gasteiger partial charge in [0.1, 0.15) is 0 Å². The standard InChI is InChI=1S/C44H24I4/c45-35-22-20-32-40-34(30-18-10-8-16-28(30)26-13-5-2-6-14-26)24-38(48)44-36(46)21-19-31(42(40)44)39-33(23-37(47)43(35)41(32)39)29-17-9-7-15-27(29)25-11-3-1-4-12-25/h1-24H. The normalized spacial score (nSPS) is 11.8. The van der Waals surface area contributed by atoms with Gasteiger partial charge in [-0.25, -0.2) is 0 Å². The van der Waals surface area contributed by atoms with Gasteiger partial charge >= 0.3 is 0 Å². The molecule has 9 rings (SSSR count). The highest BCUT2D eigenvalue weighted by Crippen LogP contribution is 2.52. The Balaban J connectivity index is 1.52. The van der Waals surface area contributed by atoms with Crippen LogP contribution in [0.4, 0.5) is 0 Å². The van der Waals surface area contributed by atoms with Gasteiger partial charge in [0.05, 0.1) is 0 Å². The van der Waals surface area contributed by atoms with E-state index in [1.807, 2.05) is 0 Å². The third-order valence-corrected chi connectivity index (χ3v) is 13.0. The maximum absolute atomic E-state index is 2.58. The van der Waals surface area contributed by atoms with Gasteiger partial charge < -0.3 is 0 Å². The average Bonchev–Trinajstić information content (AvgIpc) is 3.13. The Morgan fingerprint density at radius 1 is 0.250 bits per heavy atom. The lowest BCUT2D eigenvalue weighted by Gasteiger charge is -2.23. The predicted octanol–water partition coefficient (Wildman–Crippen LogP) is 14.8. The van der Waals surface area contributed by atoms with Gasteiger partial charge in [-0.15, -0.1) is 0 Å². The van der Waals surface area contributed by atoms with E-state index in [1.165, 1.54) is 102 Å². The summed E-state index contributed by atoms with van der Waals surface area (Å²) >= 11 is 10.2. The first-order valence-electron chi connectivity index (χ1n) is 15.7. The maximum atomic E-state index is 2.58. The minimum absolute atomic E-state index is 1.23. The fraction of sp³-hybridized carbons (Fsp3) is 0. The van der Waals surface area contributed by atoms with Crippen LogP contribution in [0.25, 0.3) is 87.6 Å². The second-order valence-corrected chi connectivity index (χ2v) is 16.7. The lowest BCUT2D eigenvalue weighted by molar-refractivity contribution is 1.59. The number of hydrogen-bond donors (Lipinski definition) is 0. The molecule has 48 heavy (non-hydrogen) atoms. The van der Waals surface area contributed by atoms with Crippen molar-refractivity contribution in [2.24, 2.45) is 0 Å². The fourth-order valence-corrected chi connectivity index (χ4v) is 11.8. The second-order valence-electron chi connectivity index (χ2n) is 12.1. The maximum Gasteiger partial charge on any atom is 0.0226 e. The van der Waals surface area contributed by atoms with E-state index in [4.69, 9.17) is 0 Å². The number of halogens is 4. The van der Waals surface area contributed by atoms with E-state index in [1.54, 1.807) is 0 Å². The molecule has 0 aliphatic carbocycles. The molecule has 0 saturated carbocycles. The lowest BCUT2D eigenvalue weighted by Crippen LogP contribution is -1.98. The molecule has 0 aliphatic heterocycles. The van der Waals surface area contributed by atoms with E-state index in [2.05, 4.69) is 236 Å². The Morgan fingerprint density at radius 2 is 0.604 bits per heavy atom. The molecule has 0 aromatic heterocycles. The summed E-state index contributed by atoms with van der Waals surface area (Å²) in [5.41, 5.74) is 10.1. The van der Waals surface area contributed by atoms with Crippen LogP contribution in [0.3, 0.4) is 0 Å². The monoisotopic (exact) mass is 1060 g/mol. The summed E-state index contributed by atoms with van der Waals surface area (Å²) in [6.45, 7) is 0. The molecule has 228 valence electrons. The number of fused-ring (bicyclic) bond motifs is 2. The van der Waals surface area contributed by atoms with Crippen molar-refractivity contribution in [1.29, 1.82) is 0 Å². The first-order valence-corrected chi connectivity index (χ1v) is 20.0. The molecule has 0 aliphatic rings. The minimum Gasteiger partial charge on any atom is -0.0622 e. The molecule has 0 saturated heterocycles. The molecule has 9 aromatic rings. The van der Waals surface area contributed by atoms with Crippen LogP contribution in [0.15, 0.2) is 146 Å². The van der Waals surface area contributed by atoms with Gasteiger partial charge in [0, 0.05) is 35.8 Å². The van der Waals surface area contributed by atoms with E-state index < -0.39 is 0 Å². The predicted molar refractivity (Wildman–Crippen MR) is 240 cm³/mol. The molecule has 0 unspecified atom stereocenters. The number of benzene rings is 9. The van der Waals surface area contributed by atoms with Crippen LogP contribution >= 0.6 is 90.4 Å². The first kappa shape index (κ1) is 31.2. The molecule has 0 spiro atoms. The van der Waals surface area contributed by atoms with Crippen molar-refractivity contribution in [3.63, 3.8) is 0 Å². The fourth-order valence-electron chi connectivity index (χ4n) is 7.53. The summed E-state index contributed by atoms with van der Waals surface area (Å²) in [6.07, 6.45) is 0. The molecule has 0 heterocycles. The summed E-state index contributed by atoms with van der Waals surface area (Å²) in [5, 5.41) is 10.7. The Bertz CT molecular complexity index is 2510. The highest BCUT2D eigenvalue weighted by Gasteiger charge is 2.25. The van der Waals surface area contributed by atoms with Gasteiger partial charge in [-0.2, -0.15) is 0 Å². The summed E-state index contributed by atoms with van der Waals surface area (Å²) in [5.74, 6) is 0. The van der Waals surface area contributed by atoms with Crippen molar-refractivity contribution < 1.29 is 0 Å². The van der Waals surface area contributed by atoms with Gasteiger partial charge in [-0.05, 0) is 181 Å². The summed E-state index contributed by atoms with van der Waals surface area (Å²) in [7, 11) is 0. The van der Waals surface area contributed by atoms with Crippen LogP contribution in [0.1, 0.15) is 0 Å². The van der Waals surface area contributed by atoms with Crippen molar-refractivity contribution in [1.82, 2.24) is 0 Å². The van der Waals surface area contributed by atoms with Crippen LogP contribution in [0, 0.1) is 14.3 Å². The van der Waals surface area contributed by atoms with E-state index >= 15 is 0 Å². The van der Waals surface area contributed by atoms with Crippen molar-refractivity contribution in [2.45, 2.75) is 0 Å². The quantitative estimate of drug-likeness (QED) is 0.0936. The minimum atomic E-state index is 1.23. The smallest absolute Gasteiger partial charge is 0.0226 e. The summed E-state index contributed by atoms with van der Waals surface area (Å²) in [4.78, 5) is 0. The van der Waals surface area contributed by atoms with Crippen LogP contribution in [0.2, 0.25) is 0 Å². The first-order chi connectivity index (χ1) is 23.5. The average molecular weight is 1060 g/mol. The Kier molecular flexibility index (Phi) is 8.13. The molecule has 9 aromatic carbocycles. The zero-order valence-electron chi connectivity index (χ0n) is 25.4. The van der Waals surface area contributed by atoms with E-state index in [0.29, 0.717) is 0 Å². The molecule has 0 N–H and O–H groups in total. The SMILES string of the molecule is Ic1ccc2c3c(-c4ccccc4-c4ccccc4)cc(I)c4c(I)ccc(c5c(-c6ccccc6-c6ccccc6)cc(I)c1c25)c43. The van der Waals surface area contributed by atoms with E-state index in [9.17, 15) is 0 Å². The molecule has 0 amide bonds. The largest absolute Gasteiger partial charge is 0.0622 e. The van der Waals surface area contributed by atoms with Crippen molar-refractivity contribution in [3.05, 3.63) is 160 Å². The van der Waals surface area contributed by atoms with Crippen molar-refractivity contribution >= 4 is 133 Å². The van der Waals surface area contributed by atoms with Crippen LogP contribution in [-0.2, 0) is 0 Å². The topological polar surface area (TPSA) is 0 Å². The summed E-state index contributed by atoms with van der Waals surface area (Å²) in [6, 6.07) is 53.7. The third kappa shape index (κ3) is 4.91. The zero-order valence-corrected chi connectivity index (χ0v) is 34.0. The lowest BCUT2D eigenvalue weighted by atomic mass is 9.82. The molecule has 0 bridgehead atoms. The van der Waals surface area contributed by atoms with Crippen LogP contribution in [0.5, 0.6) is 0 Å². The van der Waals surface area contributed by atoms with Gasteiger partial charge in [0.25, 0.3) is 0 Å². The molecular weight excluding hydrogens is 1040 g/mol. The number of rotatable bonds is 4. The van der Waals surface area contributed by atoms with Crippen molar-refractivity contribution in [2.75, 3.05) is 0 Å². The third-order valence-electron chi connectivity index (χ3n) is 9.51. The summed E-state index contributed by atoms with van der Waals surface area (Å²) < 4.78 is 5.11. The van der Waals surface area contributed by atoms with Crippen molar-refractivity contribution in [3.8, 4) is 44.5 Å². The molecule has 0 fully saturated rings. The highest BCUT2D eigenvalue weighted by atomic mass is 127. The molecule has 0 atom stereocenters. The Morgan fingerprint density at radius 3 is 1.00 bits per heavy atom. The van der Waals surface area contributed by atoms with E-state index in [0.717, 1.165) is 0 Å². The molecule has 4 heteroatoms.